The van der Waals surface area contributed by atoms with E-state index in [0.717, 1.165) is 17.1 Å². The summed E-state index contributed by atoms with van der Waals surface area (Å²) >= 11 is 0. The van der Waals surface area contributed by atoms with E-state index in [1.54, 1.807) is 13.0 Å². The van der Waals surface area contributed by atoms with E-state index in [2.05, 4.69) is 0 Å². The van der Waals surface area contributed by atoms with Gasteiger partial charge in [0.2, 0.25) is 0 Å². The lowest BCUT2D eigenvalue weighted by Crippen LogP contribution is -2.52. The molecule has 0 saturated carbocycles. The molecule has 1 amide bonds. The zero-order chi connectivity index (χ0) is 18.9. The van der Waals surface area contributed by atoms with Crippen LogP contribution in [0.2, 0.25) is 0 Å². The van der Waals surface area contributed by atoms with Crippen molar-refractivity contribution in [3.63, 3.8) is 0 Å². The first-order chi connectivity index (χ1) is 12.3. The van der Waals surface area contributed by atoms with Gasteiger partial charge >= 0.3 is 5.63 Å². The highest BCUT2D eigenvalue weighted by Crippen LogP contribution is 2.27. The molecule has 3 heterocycles. The summed E-state index contributed by atoms with van der Waals surface area (Å²) in [6.45, 7) is 3.54. The van der Waals surface area contributed by atoms with Gasteiger partial charge < -0.3 is 14.1 Å². The van der Waals surface area contributed by atoms with E-state index in [0.29, 0.717) is 24.5 Å². The number of carbonyl (C=O) groups is 1. The Hall–Kier alpha value is -1.75. The fourth-order valence-electron chi connectivity index (χ4n) is 3.38. The van der Waals surface area contributed by atoms with Crippen molar-refractivity contribution in [1.82, 2.24) is 9.21 Å². The van der Waals surface area contributed by atoms with Gasteiger partial charge in [0, 0.05) is 45.3 Å². The first kappa shape index (κ1) is 19.0. The lowest BCUT2D eigenvalue weighted by Gasteiger charge is -2.33. The van der Waals surface area contributed by atoms with Gasteiger partial charge in [-0.3, -0.25) is 4.79 Å². The maximum Gasteiger partial charge on any atom is 0.349 e. The standard InChI is InChI=1S/C16H23N3O6S/c1-11-10-13(12-2-8-24-9-3-12)25-16(21)14(11)15(20)18-4-6-19(7-5-18)26(17,22)23/h10,12H,2-9H2,1H3,(H2,17,22,23). The van der Waals surface area contributed by atoms with Crippen LogP contribution in [-0.2, 0) is 14.9 Å². The second-order valence-electron chi connectivity index (χ2n) is 6.62. The summed E-state index contributed by atoms with van der Waals surface area (Å²) in [5.41, 5.74) is -0.0724. The van der Waals surface area contributed by atoms with E-state index in [9.17, 15) is 18.0 Å². The molecule has 2 aliphatic rings. The zero-order valence-corrected chi connectivity index (χ0v) is 15.5. The van der Waals surface area contributed by atoms with Gasteiger partial charge in [0.1, 0.15) is 11.3 Å². The SMILES string of the molecule is Cc1cc(C2CCOCC2)oc(=O)c1C(=O)N1CCN(S(N)(=O)=O)CC1. The number of hydrogen-bond donors (Lipinski definition) is 1. The van der Waals surface area contributed by atoms with Crippen molar-refractivity contribution in [2.75, 3.05) is 39.4 Å². The molecule has 0 atom stereocenters. The number of ether oxygens (including phenoxy) is 1. The summed E-state index contributed by atoms with van der Waals surface area (Å²) in [6.07, 6.45) is 1.57. The molecule has 10 heteroatoms. The summed E-state index contributed by atoms with van der Waals surface area (Å²) in [7, 11) is -3.77. The van der Waals surface area contributed by atoms with Gasteiger partial charge in [-0.2, -0.15) is 12.7 Å². The van der Waals surface area contributed by atoms with Gasteiger partial charge in [0.05, 0.1) is 0 Å². The minimum Gasteiger partial charge on any atom is -0.427 e. The van der Waals surface area contributed by atoms with Crippen LogP contribution in [0.5, 0.6) is 0 Å². The topological polar surface area (TPSA) is 123 Å². The normalized spacial score (nSPS) is 20.3. The first-order valence-corrected chi connectivity index (χ1v) is 10.1. The van der Waals surface area contributed by atoms with Gasteiger partial charge in [0.25, 0.3) is 16.1 Å². The molecule has 9 nitrogen and oxygen atoms in total. The lowest BCUT2D eigenvalue weighted by molar-refractivity contribution is 0.0687. The molecule has 0 unspecified atom stereocenters. The molecule has 144 valence electrons. The average Bonchev–Trinajstić information content (AvgIpc) is 2.61. The highest BCUT2D eigenvalue weighted by molar-refractivity contribution is 7.86. The number of piperazine rings is 1. The van der Waals surface area contributed by atoms with Crippen molar-refractivity contribution >= 4 is 16.1 Å². The van der Waals surface area contributed by atoms with Crippen LogP contribution in [0.25, 0.3) is 0 Å². The summed E-state index contributed by atoms with van der Waals surface area (Å²) in [6, 6.07) is 1.76. The molecule has 0 bridgehead atoms. The van der Waals surface area contributed by atoms with Crippen molar-refractivity contribution in [3.05, 3.63) is 33.4 Å². The highest BCUT2D eigenvalue weighted by Gasteiger charge is 2.30. The van der Waals surface area contributed by atoms with Crippen LogP contribution in [0, 0.1) is 6.92 Å². The minimum absolute atomic E-state index is 0.00450. The molecule has 0 spiro atoms. The fourth-order valence-corrected chi connectivity index (χ4v) is 4.05. The van der Waals surface area contributed by atoms with Crippen LogP contribution in [0.3, 0.4) is 0 Å². The predicted molar refractivity (Wildman–Crippen MR) is 93.1 cm³/mol. The largest absolute Gasteiger partial charge is 0.427 e. The summed E-state index contributed by atoms with van der Waals surface area (Å²) in [5.74, 6) is 0.271. The smallest absolute Gasteiger partial charge is 0.349 e. The Balaban J connectivity index is 1.77. The van der Waals surface area contributed by atoms with Crippen molar-refractivity contribution in [3.8, 4) is 0 Å². The van der Waals surface area contributed by atoms with Crippen LogP contribution >= 0.6 is 0 Å². The van der Waals surface area contributed by atoms with Crippen LogP contribution in [0.1, 0.15) is 40.4 Å². The van der Waals surface area contributed by atoms with Crippen LogP contribution in [-0.4, -0.2) is 62.9 Å². The number of nitrogens with two attached hydrogens (primary N) is 1. The number of amides is 1. The van der Waals surface area contributed by atoms with Gasteiger partial charge in [0.15, 0.2) is 0 Å². The van der Waals surface area contributed by atoms with E-state index in [1.807, 2.05) is 0 Å². The number of hydrogen-bond acceptors (Lipinski definition) is 6. The molecule has 1 aromatic rings. The van der Waals surface area contributed by atoms with E-state index >= 15 is 0 Å². The summed E-state index contributed by atoms with van der Waals surface area (Å²) in [5, 5.41) is 5.10. The molecule has 3 rings (SSSR count). The minimum atomic E-state index is -3.77. The molecule has 0 radical (unpaired) electrons. The molecule has 1 aromatic heterocycles. The van der Waals surface area contributed by atoms with Crippen LogP contribution < -0.4 is 10.8 Å². The Bertz CT molecular complexity index is 836. The highest BCUT2D eigenvalue weighted by atomic mass is 32.2. The second kappa shape index (κ2) is 7.47. The molecule has 2 fully saturated rings. The van der Waals surface area contributed by atoms with Crippen molar-refractivity contribution in [1.29, 1.82) is 0 Å². The van der Waals surface area contributed by atoms with E-state index in [-0.39, 0.29) is 37.7 Å². The Morgan fingerprint density at radius 1 is 1.19 bits per heavy atom. The van der Waals surface area contributed by atoms with E-state index in [4.69, 9.17) is 14.3 Å². The maximum atomic E-state index is 12.7. The second-order valence-corrected chi connectivity index (χ2v) is 8.16. The zero-order valence-electron chi connectivity index (χ0n) is 14.6. The molecule has 2 N–H and O–H groups in total. The van der Waals surface area contributed by atoms with Gasteiger partial charge in [-0.25, -0.2) is 9.93 Å². The van der Waals surface area contributed by atoms with Crippen molar-refractivity contribution < 1.29 is 22.4 Å². The number of aryl methyl sites for hydroxylation is 1. The maximum absolute atomic E-state index is 12.7. The molecule has 2 aliphatic heterocycles. The number of carbonyl (C=O) groups excluding carboxylic acids is 1. The Morgan fingerprint density at radius 2 is 1.81 bits per heavy atom. The first-order valence-electron chi connectivity index (χ1n) is 8.57. The Kier molecular flexibility index (Phi) is 5.47. The van der Waals surface area contributed by atoms with Gasteiger partial charge in [-0.1, -0.05) is 0 Å². The van der Waals surface area contributed by atoms with Crippen molar-refractivity contribution in [2.24, 2.45) is 5.14 Å². The molecule has 2 saturated heterocycles. The third-order valence-electron chi connectivity index (χ3n) is 4.89. The summed E-state index contributed by atoms with van der Waals surface area (Å²) in [4.78, 5) is 26.6. The molecular weight excluding hydrogens is 362 g/mol. The van der Waals surface area contributed by atoms with E-state index in [1.165, 1.54) is 4.90 Å². The Labute approximate surface area is 151 Å². The summed E-state index contributed by atoms with van der Waals surface area (Å²) < 4.78 is 34.6. The molecular formula is C16H23N3O6S. The van der Waals surface area contributed by atoms with E-state index < -0.39 is 21.7 Å². The molecule has 26 heavy (non-hydrogen) atoms. The fraction of sp³-hybridized carbons (Fsp3) is 0.625. The number of rotatable bonds is 3. The third kappa shape index (κ3) is 3.98. The lowest BCUT2D eigenvalue weighted by atomic mass is 9.95. The average molecular weight is 385 g/mol. The van der Waals surface area contributed by atoms with Gasteiger partial charge in [-0.15, -0.1) is 0 Å². The Morgan fingerprint density at radius 3 is 2.35 bits per heavy atom. The molecule has 0 aromatic carbocycles. The number of nitrogens with zero attached hydrogens (tertiary/aromatic N) is 2. The predicted octanol–water partition coefficient (Wildman–Crippen LogP) is -0.196. The van der Waals surface area contributed by atoms with Gasteiger partial charge in [-0.05, 0) is 31.4 Å². The molecule has 0 aliphatic carbocycles. The quantitative estimate of drug-likeness (QED) is 0.769. The van der Waals surface area contributed by atoms with Crippen LogP contribution in [0.15, 0.2) is 15.3 Å². The third-order valence-corrected chi connectivity index (χ3v) is 5.98. The van der Waals surface area contributed by atoms with Crippen molar-refractivity contribution in [2.45, 2.75) is 25.7 Å². The van der Waals surface area contributed by atoms with Crippen LogP contribution in [0.4, 0.5) is 0 Å². The monoisotopic (exact) mass is 385 g/mol.